The van der Waals surface area contributed by atoms with Crippen molar-refractivity contribution in [1.82, 2.24) is 0 Å². The molecule has 0 saturated carbocycles. The zero-order chi connectivity index (χ0) is 20.3. The molecule has 0 radical (unpaired) electrons. The molecule has 0 atom stereocenters. The molecule has 0 unspecified atom stereocenters. The number of carbonyl (C=O) groups is 2. The highest BCUT2D eigenvalue weighted by atomic mass is 79.9. The number of thiophene rings is 1. The fourth-order valence-electron chi connectivity index (χ4n) is 2.78. The number of benzene rings is 2. The summed E-state index contributed by atoms with van der Waals surface area (Å²) in [6.07, 6.45) is 0. The van der Waals surface area contributed by atoms with Gasteiger partial charge in [-0.3, -0.25) is 9.59 Å². The van der Waals surface area contributed by atoms with Crippen LogP contribution in [0, 0.1) is 0 Å². The second-order valence-corrected chi connectivity index (χ2v) is 7.43. The van der Waals surface area contributed by atoms with Gasteiger partial charge in [-0.05, 0) is 41.8 Å². The number of amides is 1. The quantitative estimate of drug-likeness (QED) is 0.412. The van der Waals surface area contributed by atoms with E-state index in [0.29, 0.717) is 33.4 Å². The highest BCUT2D eigenvalue weighted by Crippen LogP contribution is 2.39. The van der Waals surface area contributed by atoms with E-state index in [1.165, 1.54) is 32.7 Å². The zero-order valence-electron chi connectivity index (χ0n) is 15.5. The topological polar surface area (TPSA) is 73.9 Å². The molecule has 6 nitrogen and oxygen atoms in total. The Morgan fingerprint density at radius 3 is 2.25 bits per heavy atom. The normalized spacial score (nSPS) is 10.6. The van der Waals surface area contributed by atoms with E-state index >= 15 is 0 Å². The van der Waals surface area contributed by atoms with Crippen LogP contribution >= 0.6 is 27.3 Å². The number of methoxy groups -OCH3 is 3. The Hall–Kier alpha value is -2.58. The molecular weight excluding hydrogens is 446 g/mol. The summed E-state index contributed by atoms with van der Waals surface area (Å²) in [6.45, 7) is 0. The molecule has 0 aliphatic rings. The number of hydrogen-bond donors (Lipinski definition) is 1. The van der Waals surface area contributed by atoms with Gasteiger partial charge in [0.05, 0.1) is 31.5 Å². The number of ketones is 1. The number of rotatable bonds is 7. The summed E-state index contributed by atoms with van der Waals surface area (Å²) < 4.78 is 16.9. The van der Waals surface area contributed by atoms with Gasteiger partial charge in [0.15, 0.2) is 11.5 Å². The minimum atomic E-state index is -0.147. The number of carbonyl (C=O) groups excluding carboxylic acids is 2. The van der Waals surface area contributed by atoms with Crippen molar-refractivity contribution in [3.63, 3.8) is 0 Å². The van der Waals surface area contributed by atoms with Crippen LogP contribution in [0.15, 0.2) is 36.4 Å². The van der Waals surface area contributed by atoms with Crippen molar-refractivity contribution in [3.05, 3.63) is 46.8 Å². The average Bonchev–Trinajstić information content (AvgIpc) is 3.15. The number of nitrogens with one attached hydrogen (secondary N) is 1. The lowest BCUT2D eigenvalue weighted by atomic mass is 10.1. The minimum Gasteiger partial charge on any atom is -0.493 e. The van der Waals surface area contributed by atoms with Crippen LogP contribution in [0.2, 0.25) is 0 Å². The lowest BCUT2D eigenvalue weighted by Gasteiger charge is -2.13. The molecule has 1 heterocycles. The Labute approximate surface area is 174 Å². The van der Waals surface area contributed by atoms with Crippen LogP contribution in [-0.4, -0.2) is 38.3 Å². The van der Waals surface area contributed by atoms with Gasteiger partial charge in [-0.2, -0.15) is 0 Å². The molecule has 146 valence electrons. The molecule has 0 bridgehead atoms. The molecule has 0 spiro atoms. The summed E-state index contributed by atoms with van der Waals surface area (Å²) in [5.74, 6) is 0.997. The summed E-state index contributed by atoms with van der Waals surface area (Å²) in [7, 11) is 4.53. The maximum Gasteiger partial charge on any atom is 0.235 e. The van der Waals surface area contributed by atoms with Crippen molar-refractivity contribution in [3.8, 4) is 17.2 Å². The zero-order valence-corrected chi connectivity index (χ0v) is 17.9. The Bertz CT molecular complexity index is 1020. The van der Waals surface area contributed by atoms with Crippen LogP contribution in [0.1, 0.15) is 15.2 Å². The van der Waals surface area contributed by atoms with Gasteiger partial charge < -0.3 is 19.5 Å². The first-order valence-corrected chi connectivity index (χ1v) is 10.2. The monoisotopic (exact) mass is 463 g/mol. The van der Waals surface area contributed by atoms with E-state index < -0.39 is 0 Å². The maximum absolute atomic E-state index is 13.0. The SMILES string of the molecule is COc1cc(C(=O)c2cc3cc(NC(=O)CBr)ccc3s2)cc(OC)c1OC. The number of halogens is 1. The molecule has 2 aromatic carbocycles. The summed E-state index contributed by atoms with van der Waals surface area (Å²) >= 11 is 4.51. The predicted molar refractivity (Wildman–Crippen MR) is 114 cm³/mol. The van der Waals surface area contributed by atoms with E-state index in [9.17, 15) is 9.59 Å². The van der Waals surface area contributed by atoms with Crippen molar-refractivity contribution in [2.45, 2.75) is 0 Å². The number of anilines is 1. The molecular formula is C20H18BrNO5S. The van der Waals surface area contributed by atoms with E-state index in [-0.39, 0.29) is 17.0 Å². The van der Waals surface area contributed by atoms with Gasteiger partial charge in [-0.1, -0.05) is 15.9 Å². The Morgan fingerprint density at radius 1 is 1.00 bits per heavy atom. The van der Waals surface area contributed by atoms with Crippen LogP contribution in [0.3, 0.4) is 0 Å². The van der Waals surface area contributed by atoms with E-state index in [2.05, 4.69) is 21.2 Å². The van der Waals surface area contributed by atoms with Crippen LogP contribution in [0.25, 0.3) is 10.1 Å². The molecule has 1 N–H and O–H groups in total. The highest BCUT2D eigenvalue weighted by molar-refractivity contribution is 9.09. The number of fused-ring (bicyclic) bond motifs is 1. The first-order chi connectivity index (χ1) is 13.5. The third-order valence-corrected chi connectivity index (χ3v) is 5.70. The van der Waals surface area contributed by atoms with Gasteiger partial charge in [-0.15, -0.1) is 11.3 Å². The standard InChI is InChI=1S/C20H18BrNO5S/c1-25-14-7-12(8-15(26-2)20(14)27-3)19(24)17-9-11-6-13(22-18(23)10-21)4-5-16(11)28-17/h4-9H,10H2,1-3H3,(H,22,23). The van der Waals surface area contributed by atoms with Gasteiger partial charge in [0.25, 0.3) is 0 Å². The Kier molecular flexibility index (Phi) is 6.21. The van der Waals surface area contributed by atoms with Crippen molar-refractivity contribution in [2.24, 2.45) is 0 Å². The summed E-state index contributed by atoms with van der Waals surface area (Å²) in [6, 6.07) is 10.6. The largest absolute Gasteiger partial charge is 0.493 e. The molecule has 3 rings (SSSR count). The number of hydrogen-bond acceptors (Lipinski definition) is 6. The predicted octanol–water partition coefficient (Wildman–Crippen LogP) is 4.49. The fourth-order valence-corrected chi connectivity index (χ4v) is 3.93. The van der Waals surface area contributed by atoms with E-state index in [4.69, 9.17) is 14.2 Å². The van der Waals surface area contributed by atoms with Gasteiger partial charge in [0.2, 0.25) is 17.4 Å². The van der Waals surface area contributed by atoms with Gasteiger partial charge >= 0.3 is 0 Å². The van der Waals surface area contributed by atoms with Gasteiger partial charge in [0, 0.05) is 16.0 Å². The minimum absolute atomic E-state index is 0.136. The van der Waals surface area contributed by atoms with Crippen molar-refractivity contribution >= 4 is 54.7 Å². The first kappa shape index (κ1) is 20.2. The molecule has 0 aliphatic heterocycles. The van der Waals surface area contributed by atoms with Crippen LogP contribution < -0.4 is 19.5 Å². The molecule has 0 saturated heterocycles. The third kappa shape index (κ3) is 3.98. The van der Waals surface area contributed by atoms with Crippen LogP contribution in [-0.2, 0) is 4.79 Å². The number of ether oxygens (including phenoxy) is 3. The van der Waals surface area contributed by atoms with E-state index in [0.717, 1.165) is 10.1 Å². The molecule has 1 aromatic heterocycles. The molecule has 0 aliphatic carbocycles. The van der Waals surface area contributed by atoms with E-state index in [1.807, 2.05) is 24.3 Å². The molecule has 8 heteroatoms. The molecule has 1 amide bonds. The molecule has 3 aromatic rings. The Morgan fingerprint density at radius 2 is 1.68 bits per heavy atom. The molecule has 28 heavy (non-hydrogen) atoms. The highest BCUT2D eigenvalue weighted by Gasteiger charge is 2.19. The number of alkyl halides is 1. The van der Waals surface area contributed by atoms with Crippen molar-refractivity contribution in [2.75, 3.05) is 32.0 Å². The maximum atomic E-state index is 13.0. The third-order valence-electron chi connectivity index (χ3n) is 4.07. The smallest absolute Gasteiger partial charge is 0.235 e. The van der Waals surface area contributed by atoms with E-state index in [1.54, 1.807) is 12.1 Å². The second-order valence-electron chi connectivity index (χ2n) is 5.79. The van der Waals surface area contributed by atoms with Crippen molar-refractivity contribution < 1.29 is 23.8 Å². The molecule has 0 fully saturated rings. The lowest BCUT2D eigenvalue weighted by molar-refractivity contribution is -0.113. The Balaban J connectivity index is 1.98. The second kappa shape index (κ2) is 8.62. The van der Waals surface area contributed by atoms with Crippen LogP contribution in [0.5, 0.6) is 17.2 Å². The van der Waals surface area contributed by atoms with Gasteiger partial charge in [0.1, 0.15) is 0 Å². The lowest BCUT2D eigenvalue weighted by Crippen LogP contribution is -2.11. The summed E-state index contributed by atoms with van der Waals surface area (Å²) in [5, 5.41) is 3.89. The average molecular weight is 464 g/mol. The summed E-state index contributed by atoms with van der Waals surface area (Å²) in [5.41, 5.74) is 1.12. The summed E-state index contributed by atoms with van der Waals surface area (Å²) in [4.78, 5) is 25.2. The fraction of sp³-hybridized carbons (Fsp3) is 0.200. The van der Waals surface area contributed by atoms with Gasteiger partial charge in [-0.25, -0.2) is 0 Å². The van der Waals surface area contributed by atoms with Crippen LogP contribution in [0.4, 0.5) is 5.69 Å². The van der Waals surface area contributed by atoms with Crippen molar-refractivity contribution in [1.29, 1.82) is 0 Å². The first-order valence-electron chi connectivity index (χ1n) is 8.24.